The van der Waals surface area contributed by atoms with Crippen LogP contribution in [0.4, 0.5) is 5.95 Å². The van der Waals surface area contributed by atoms with Crippen molar-refractivity contribution in [3.8, 4) is 23.1 Å². The maximum atomic E-state index is 5.66. The van der Waals surface area contributed by atoms with Gasteiger partial charge in [0.2, 0.25) is 5.95 Å². The summed E-state index contributed by atoms with van der Waals surface area (Å²) in [5, 5.41) is 0. The Bertz CT molecular complexity index is 570. The number of benzene rings is 1. The Kier molecular flexibility index (Phi) is 4.34. The van der Waals surface area contributed by atoms with Crippen molar-refractivity contribution in [3.63, 3.8) is 0 Å². The van der Waals surface area contributed by atoms with E-state index >= 15 is 0 Å². The van der Waals surface area contributed by atoms with Gasteiger partial charge in [0.25, 0.3) is 0 Å². The van der Waals surface area contributed by atoms with Gasteiger partial charge in [-0.2, -0.15) is 15.0 Å². The highest BCUT2D eigenvalue weighted by molar-refractivity contribution is 5.57. The zero-order valence-electron chi connectivity index (χ0n) is 11.8. The highest BCUT2D eigenvalue weighted by atomic mass is 16.5. The third kappa shape index (κ3) is 3.57. The maximum Gasteiger partial charge on any atom is 0.321 e. The van der Waals surface area contributed by atoms with Crippen molar-refractivity contribution in [2.24, 2.45) is 0 Å². The average Bonchev–Trinajstić information content (AvgIpc) is 2.38. The van der Waals surface area contributed by atoms with Gasteiger partial charge in [-0.05, 0) is 45.0 Å². The second kappa shape index (κ2) is 6.18. The number of rotatable bonds is 5. The molecule has 0 spiro atoms. The predicted molar refractivity (Wildman–Crippen MR) is 76.6 cm³/mol. The smallest absolute Gasteiger partial charge is 0.321 e. The van der Waals surface area contributed by atoms with Crippen LogP contribution in [0, 0.1) is 0 Å². The van der Waals surface area contributed by atoms with Gasteiger partial charge in [-0.15, -0.1) is 0 Å². The third-order valence-corrected chi connectivity index (χ3v) is 2.39. The van der Waals surface area contributed by atoms with E-state index in [9.17, 15) is 0 Å². The van der Waals surface area contributed by atoms with Gasteiger partial charge in [0.1, 0.15) is 5.75 Å². The lowest BCUT2D eigenvalue weighted by Crippen LogP contribution is -2.06. The second-order valence-corrected chi connectivity index (χ2v) is 4.42. The van der Waals surface area contributed by atoms with Crippen LogP contribution in [0.25, 0.3) is 11.4 Å². The lowest BCUT2D eigenvalue weighted by molar-refractivity contribution is 0.242. The van der Waals surface area contributed by atoms with Crippen LogP contribution in [0.2, 0.25) is 0 Å². The minimum Gasteiger partial charge on any atom is -0.491 e. The number of hydrogen-bond acceptors (Lipinski definition) is 6. The fraction of sp³-hybridized carbons (Fsp3) is 0.357. The number of ether oxygens (including phenoxy) is 2. The first-order valence-electron chi connectivity index (χ1n) is 6.50. The van der Waals surface area contributed by atoms with Gasteiger partial charge >= 0.3 is 6.01 Å². The topological polar surface area (TPSA) is 83.2 Å². The summed E-state index contributed by atoms with van der Waals surface area (Å²) in [7, 11) is 0. The largest absolute Gasteiger partial charge is 0.491 e. The van der Waals surface area contributed by atoms with E-state index in [1.807, 2.05) is 45.0 Å². The van der Waals surface area contributed by atoms with E-state index in [0.717, 1.165) is 11.3 Å². The Hall–Kier alpha value is -2.37. The van der Waals surface area contributed by atoms with Gasteiger partial charge in [0.05, 0.1) is 12.7 Å². The molecule has 0 aliphatic rings. The average molecular weight is 274 g/mol. The summed E-state index contributed by atoms with van der Waals surface area (Å²) < 4.78 is 10.8. The van der Waals surface area contributed by atoms with Crippen LogP contribution >= 0.6 is 0 Å². The van der Waals surface area contributed by atoms with Crippen molar-refractivity contribution < 1.29 is 9.47 Å². The van der Waals surface area contributed by atoms with Crippen LogP contribution in [-0.2, 0) is 0 Å². The monoisotopic (exact) mass is 274 g/mol. The number of nitrogens with zero attached hydrogens (tertiary/aromatic N) is 3. The summed E-state index contributed by atoms with van der Waals surface area (Å²) in [6, 6.07) is 7.73. The fourth-order valence-electron chi connectivity index (χ4n) is 1.65. The number of hydrogen-bond donors (Lipinski definition) is 1. The van der Waals surface area contributed by atoms with Gasteiger partial charge in [-0.25, -0.2) is 0 Å². The molecule has 0 fully saturated rings. The first kappa shape index (κ1) is 14.0. The van der Waals surface area contributed by atoms with E-state index in [1.54, 1.807) is 0 Å². The molecule has 6 nitrogen and oxygen atoms in total. The van der Waals surface area contributed by atoms with E-state index in [2.05, 4.69) is 15.0 Å². The normalized spacial score (nSPS) is 10.6. The van der Waals surface area contributed by atoms with Crippen LogP contribution in [0.1, 0.15) is 20.8 Å². The molecule has 0 amide bonds. The maximum absolute atomic E-state index is 5.66. The van der Waals surface area contributed by atoms with Crippen molar-refractivity contribution in [1.29, 1.82) is 0 Å². The third-order valence-electron chi connectivity index (χ3n) is 2.39. The van der Waals surface area contributed by atoms with E-state index in [4.69, 9.17) is 15.2 Å². The molecule has 0 aliphatic carbocycles. The molecule has 0 radical (unpaired) electrons. The Labute approximate surface area is 118 Å². The van der Waals surface area contributed by atoms with Crippen LogP contribution in [0.5, 0.6) is 11.8 Å². The molecule has 0 saturated carbocycles. The van der Waals surface area contributed by atoms with E-state index < -0.39 is 0 Å². The van der Waals surface area contributed by atoms with Gasteiger partial charge in [-0.1, -0.05) is 0 Å². The molecule has 20 heavy (non-hydrogen) atoms. The van der Waals surface area contributed by atoms with Gasteiger partial charge in [-0.3, -0.25) is 0 Å². The summed E-state index contributed by atoms with van der Waals surface area (Å²) in [5.41, 5.74) is 6.49. The minimum absolute atomic E-state index is 0.137. The molecule has 0 atom stereocenters. The Morgan fingerprint density at radius 1 is 1.10 bits per heavy atom. The molecule has 2 rings (SSSR count). The van der Waals surface area contributed by atoms with Crippen LogP contribution in [0.3, 0.4) is 0 Å². The summed E-state index contributed by atoms with van der Waals surface area (Å²) in [4.78, 5) is 12.2. The molecule has 0 bridgehead atoms. The first-order valence-corrected chi connectivity index (χ1v) is 6.50. The van der Waals surface area contributed by atoms with E-state index in [1.165, 1.54) is 0 Å². The molecule has 6 heteroatoms. The minimum atomic E-state index is 0.137. The molecule has 1 aromatic carbocycles. The lowest BCUT2D eigenvalue weighted by atomic mass is 10.2. The van der Waals surface area contributed by atoms with Gasteiger partial charge in [0.15, 0.2) is 5.82 Å². The summed E-state index contributed by atoms with van der Waals surface area (Å²) in [5.74, 6) is 1.42. The molecule has 2 N–H and O–H groups in total. The lowest BCUT2D eigenvalue weighted by Gasteiger charge is -2.10. The first-order chi connectivity index (χ1) is 9.58. The van der Waals surface area contributed by atoms with E-state index in [0.29, 0.717) is 12.4 Å². The van der Waals surface area contributed by atoms with Gasteiger partial charge in [0, 0.05) is 5.56 Å². The van der Waals surface area contributed by atoms with Crippen molar-refractivity contribution in [2.75, 3.05) is 12.3 Å². The number of nitrogens with two attached hydrogens (primary N) is 1. The predicted octanol–water partition coefficient (Wildman–Crippen LogP) is 2.31. The summed E-state index contributed by atoms with van der Waals surface area (Å²) in [6.07, 6.45) is 0.137. The summed E-state index contributed by atoms with van der Waals surface area (Å²) >= 11 is 0. The quantitative estimate of drug-likeness (QED) is 0.900. The number of aromatic nitrogens is 3. The molecule has 1 heterocycles. The number of nitrogen functional groups attached to an aromatic ring is 1. The molecule has 0 saturated heterocycles. The zero-order chi connectivity index (χ0) is 14.5. The molecular weight excluding hydrogens is 256 g/mol. The fourth-order valence-corrected chi connectivity index (χ4v) is 1.65. The highest BCUT2D eigenvalue weighted by Gasteiger charge is 2.08. The van der Waals surface area contributed by atoms with Crippen LogP contribution in [0.15, 0.2) is 24.3 Å². The van der Waals surface area contributed by atoms with Crippen molar-refractivity contribution in [1.82, 2.24) is 15.0 Å². The van der Waals surface area contributed by atoms with Crippen molar-refractivity contribution in [2.45, 2.75) is 26.9 Å². The van der Waals surface area contributed by atoms with Gasteiger partial charge < -0.3 is 15.2 Å². The standard InChI is InChI=1S/C14H18N4O2/c1-4-19-14-17-12(16-13(15)18-14)10-5-7-11(8-6-10)20-9(2)3/h5-9H,4H2,1-3H3,(H2,15,16,17,18). The van der Waals surface area contributed by atoms with E-state index in [-0.39, 0.29) is 18.1 Å². The van der Waals surface area contributed by atoms with Crippen molar-refractivity contribution in [3.05, 3.63) is 24.3 Å². The molecule has 0 unspecified atom stereocenters. The van der Waals surface area contributed by atoms with Crippen molar-refractivity contribution >= 4 is 5.95 Å². The Balaban J connectivity index is 2.26. The number of anilines is 1. The molecular formula is C14H18N4O2. The zero-order valence-corrected chi connectivity index (χ0v) is 11.8. The SMILES string of the molecule is CCOc1nc(N)nc(-c2ccc(OC(C)C)cc2)n1. The Morgan fingerprint density at radius 3 is 2.40 bits per heavy atom. The van der Waals surface area contributed by atoms with Crippen LogP contribution in [-0.4, -0.2) is 27.7 Å². The Morgan fingerprint density at radius 2 is 1.80 bits per heavy atom. The highest BCUT2D eigenvalue weighted by Crippen LogP contribution is 2.21. The second-order valence-electron chi connectivity index (χ2n) is 4.42. The summed E-state index contributed by atoms with van der Waals surface area (Å²) in [6.45, 7) is 6.30. The van der Waals surface area contributed by atoms with Crippen LogP contribution < -0.4 is 15.2 Å². The molecule has 106 valence electrons. The molecule has 1 aromatic heterocycles. The molecule has 0 aliphatic heterocycles. The molecule has 2 aromatic rings.